The molecule has 0 radical (unpaired) electrons. The summed E-state index contributed by atoms with van der Waals surface area (Å²) in [6, 6.07) is 3.06. The topological polar surface area (TPSA) is 85.4 Å². The molecule has 2 aromatic rings. The van der Waals surface area contributed by atoms with Crippen LogP contribution in [-0.2, 0) is 26.6 Å². The van der Waals surface area contributed by atoms with Gasteiger partial charge in [-0.25, -0.2) is 27.5 Å². The molecule has 11 heteroatoms. The second-order valence-corrected chi connectivity index (χ2v) is 9.16. The summed E-state index contributed by atoms with van der Waals surface area (Å²) < 4.78 is 67.2. The molecule has 0 unspecified atom stereocenters. The summed E-state index contributed by atoms with van der Waals surface area (Å²) in [5.74, 6) is -4.20. The Labute approximate surface area is 200 Å². The van der Waals surface area contributed by atoms with Gasteiger partial charge in [-0.05, 0) is 26.7 Å². The van der Waals surface area contributed by atoms with Crippen LogP contribution in [0.25, 0.3) is 0 Å². The van der Waals surface area contributed by atoms with Crippen LogP contribution in [0.3, 0.4) is 0 Å². The van der Waals surface area contributed by atoms with Gasteiger partial charge < -0.3 is 20.1 Å². The summed E-state index contributed by atoms with van der Waals surface area (Å²) in [4.78, 5) is 21.5. The van der Waals surface area contributed by atoms with Crippen LogP contribution < -0.4 is 10.6 Å². The molecule has 1 saturated heterocycles. The molecule has 1 aromatic heterocycles. The third-order valence-electron chi connectivity index (χ3n) is 6.16. The molecule has 0 spiro atoms. The lowest BCUT2D eigenvalue weighted by atomic mass is 10.0. The van der Waals surface area contributed by atoms with Gasteiger partial charge in [0.2, 0.25) is 5.91 Å². The molecule has 7 nitrogen and oxygen atoms in total. The van der Waals surface area contributed by atoms with Crippen LogP contribution in [0.1, 0.15) is 67.2 Å². The lowest BCUT2D eigenvalue weighted by Crippen LogP contribution is -2.39. The molecule has 0 bridgehead atoms. The lowest BCUT2D eigenvalue weighted by molar-refractivity contribution is -0.121. The fraction of sp³-hybridized carbons (Fsp3) is 0.542. The molecule has 1 aliphatic heterocycles. The first kappa shape index (κ1) is 25.3. The second kappa shape index (κ2) is 9.69. The number of carbonyl (C=O) groups excluding carboxylic acids is 1. The molecular weight excluding hydrogens is 468 g/mol. The summed E-state index contributed by atoms with van der Waals surface area (Å²) in [6.07, 6.45) is 0.107. The molecule has 35 heavy (non-hydrogen) atoms. The number of ether oxygens (including phenoxy) is 2. The van der Waals surface area contributed by atoms with Crippen molar-refractivity contribution in [2.24, 2.45) is 0 Å². The van der Waals surface area contributed by atoms with E-state index in [2.05, 4.69) is 20.6 Å². The van der Waals surface area contributed by atoms with E-state index in [1.165, 1.54) is 12.1 Å². The molecule has 2 aliphatic rings. The Morgan fingerprint density at radius 2 is 1.94 bits per heavy atom. The molecule has 1 aromatic carbocycles. The molecule has 1 saturated carbocycles. The number of benzene rings is 1. The highest BCUT2D eigenvalue weighted by Gasteiger charge is 2.44. The normalized spacial score (nSPS) is 18.4. The summed E-state index contributed by atoms with van der Waals surface area (Å²) >= 11 is 0. The van der Waals surface area contributed by atoms with E-state index in [1.807, 2.05) is 0 Å². The van der Waals surface area contributed by atoms with Crippen molar-refractivity contribution in [3.63, 3.8) is 0 Å². The molecule has 2 heterocycles. The van der Waals surface area contributed by atoms with Crippen molar-refractivity contribution in [1.29, 1.82) is 0 Å². The van der Waals surface area contributed by atoms with Crippen molar-refractivity contribution in [2.75, 3.05) is 25.2 Å². The first-order valence-corrected chi connectivity index (χ1v) is 11.4. The van der Waals surface area contributed by atoms with Crippen LogP contribution in [0, 0.1) is 12.7 Å². The highest BCUT2D eigenvalue weighted by molar-refractivity contribution is 5.80. The first-order valence-electron chi connectivity index (χ1n) is 11.4. The number of hydrogen-bond donors (Lipinski definition) is 2. The average Bonchev–Trinajstić information content (AvgIpc) is 3.33. The van der Waals surface area contributed by atoms with Crippen LogP contribution in [-0.4, -0.2) is 41.3 Å². The number of anilines is 1. The van der Waals surface area contributed by atoms with Gasteiger partial charge in [0.05, 0.1) is 48.0 Å². The van der Waals surface area contributed by atoms with E-state index >= 15 is 0 Å². The van der Waals surface area contributed by atoms with E-state index in [-0.39, 0.29) is 17.8 Å². The Balaban J connectivity index is 1.66. The van der Waals surface area contributed by atoms with Crippen LogP contribution in [0.4, 0.5) is 23.4 Å². The molecule has 1 amide bonds. The maximum atomic E-state index is 15.0. The monoisotopic (exact) mass is 496 g/mol. The fourth-order valence-electron chi connectivity index (χ4n) is 4.10. The SMILES string of the molecule is Cc1nc(CC(=O)NC2(CF)CC2)c(C2OCCO2)c(N[C@H](C)c2cccc(C(C)(F)F)c2F)n1. The number of halogens is 4. The van der Waals surface area contributed by atoms with Crippen molar-refractivity contribution in [3.8, 4) is 0 Å². The maximum absolute atomic E-state index is 15.0. The number of nitrogens with one attached hydrogen (secondary N) is 2. The molecule has 4 rings (SSSR count). The number of alkyl halides is 3. The van der Waals surface area contributed by atoms with Gasteiger partial charge in [0.25, 0.3) is 5.92 Å². The number of rotatable bonds is 9. The first-order chi connectivity index (χ1) is 16.5. The van der Waals surface area contributed by atoms with Gasteiger partial charge >= 0.3 is 0 Å². The number of aryl methyl sites for hydroxylation is 1. The smallest absolute Gasteiger partial charge is 0.273 e. The van der Waals surface area contributed by atoms with Crippen LogP contribution in [0.15, 0.2) is 18.2 Å². The number of hydrogen-bond acceptors (Lipinski definition) is 6. The molecular formula is C24H28F4N4O3. The Morgan fingerprint density at radius 3 is 2.54 bits per heavy atom. The third-order valence-corrected chi connectivity index (χ3v) is 6.16. The highest BCUT2D eigenvalue weighted by Crippen LogP contribution is 2.37. The van der Waals surface area contributed by atoms with Gasteiger partial charge in [0.1, 0.15) is 24.1 Å². The van der Waals surface area contributed by atoms with Gasteiger partial charge in [-0.3, -0.25) is 4.79 Å². The maximum Gasteiger partial charge on any atom is 0.273 e. The number of amides is 1. The van der Waals surface area contributed by atoms with Crippen molar-refractivity contribution >= 4 is 11.7 Å². The summed E-state index contributed by atoms with van der Waals surface area (Å²) in [6.45, 7) is 3.85. The summed E-state index contributed by atoms with van der Waals surface area (Å²) in [5.41, 5.74) is -0.806. The summed E-state index contributed by atoms with van der Waals surface area (Å²) in [5, 5.41) is 5.78. The third kappa shape index (κ3) is 5.56. The number of carbonyl (C=O) groups is 1. The van der Waals surface area contributed by atoms with Crippen LogP contribution in [0.2, 0.25) is 0 Å². The van der Waals surface area contributed by atoms with Gasteiger partial charge in [-0.15, -0.1) is 0 Å². The van der Waals surface area contributed by atoms with E-state index in [4.69, 9.17) is 9.47 Å². The Hall–Kier alpha value is -2.79. The van der Waals surface area contributed by atoms with Crippen molar-refractivity contribution in [1.82, 2.24) is 15.3 Å². The highest BCUT2D eigenvalue weighted by atomic mass is 19.3. The standard InChI is InChI=1S/C24H28F4N4O3/c1-13(15-5-4-6-16(20(15)26)23(3,27)28)29-21-19(22-34-9-10-35-22)17(30-14(2)31-21)11-18(33)32-24(12-25)7-8-24/h4-6,13,22H,7-12H2,1-3H3,(H,32,33)(H,29,30,31)/t13-/m1/s1. The fourth-order valence-corrected chi connectivity index (χ4v) is 4.10. The minimum Gasteiger partial charge on any atom is -0.363 e. The predicted octanol–water partition coefficient (Wildman–Crippen LogP) is 4.42. The summed E-state index contributed by atoms with van der Waals surface area (Å²) in [7, 11) is 0. The van der Waals surface area contributed by atoms with Crippen molar-refractivity contribution in [3.05, 3.63) is 52.2 Å². The Bertz CT molecular complexity index is 1100. The largest absolute Gasteiger partial charge is 0.363 e. The van der Waals surface area contributed by atoms with E-state index in [1.54, 1.807) is 13.8 Å². The average molecular weight is 497 g/mol. The Morgan fingerprint density at radius 1 is 1.26 bits per heavy atom. The minimum atomic E-state index is -3.35. The zero-order valence-electron chi connectivity index (χ0n) is 19.8. The lowest BCUT2D eigenvalue weighted by Gasteiger charge is -2.23. The van der Waals surface area contributed by atoms with Gasteiger partial charge in [0.15, 0.2) is 6.29 Å². The zero-order valence-corrected chi connectivity index (χ0v) is 19.8. The Kier molecular flexibility index (Phi) is 7.01. The van der Waals surface area contributed by atoms with E-state index in [0.29, 0.717) is 50.1 Å². The quantitative estimate of drug-likeness (QED) is 0.500. The van der Waals surface area contributed by atoms with Gasteiger partial charge in [0, 0.05) is 12.5 Å². The number of aromatic nitrogens is 2. The van der Waals surface area contributed by atoms with Crippen LogP contribution >= 0.6 is 0 Å². The van der Waals surface area contributed by atoms with E-state index in [9.17, 15) is 22.4 Å². The van der Waals surface area contributed by atoms with E-state index < -0.39 is 47.8 Å². The van der Waals surface area contributed by atoms with Crippen LogP contribution in [0.5, 0.6) is 0 Å². The number of nitrogens with zero attached hydrogens (tertiary/aromatic N) is 2. The van der Waals surface area contributed by atoms with Gasteiger partial charge in [-0.1, -0.05) is 18.2 Å². The molecule has 190 valence electrons. The zero-order chi connectivity index (χ0) is 25.4. The minimum absolute atomic E-state index is 0.0254. The van der Waals surface area contributed by atoms with Gasteiger partial charge in [-0.2, -0.15) is 0 Å². The van der Waals surface area contributed by atoms with Crippen molar-refractivity contribution in [2.45, 2.75) is 63.8 Å². The van der Waals surface area contributed by atoms with Crippen molar-refractivity contribution < 1.29 is 31.8 Å². The second-order valence-electron chi connectivity index (χ2n) is 9.16. The molecule has 1 atom stereocenters. The molecule has 2 fully saturated rings. The van der Waals surface area contributed by atoms with E-state index in [0.717, 1.165) is 6.07 Å². The molecule has 1 aliphatic carbocycles. The molecule has 2 N–H and O–H groups in total. The predicted molar refractivity (Wildman–Crippen MR) is 119 cm³/mol.